The summed E-state index contributed by atoms with van der Waals surface area (Å²) in [5, 5.41) is 0.244. The summed E-state index contributed by atoms with van der Waals surface area (Å²) >= 11 is 6.03. The lowest BCUT2D eigenvalue weighted by atomic mass is 10.1. The summed E-state index contributed by atoms with van der Waals surface area (Å²) in [5.74, 6) is 1.11. The van der Waals surface area contributed by atoms with Crippen LogP contribution in [0.3, 0.4) is 0 Å². The first-order chi connectivity index (χ1) is 10.8. The maximum atomic E-state index is 12.7. The Balaban J connectivity index is 2.35. The highest BCUT2D eigenvalue weighted by atomic mass is 35.5. The fourth-order valence-corrected chi connectivity index (χ4v) is 3.90. The van der Waals surface area contributed by atoms with Gasteiger partial charge in [-0.15, -0.1) is 0 Å². The SMILES string of the molecule is COc1ccc(S(=O)(=O)NC(c2nccn2C)C(C)C)cc1Cl. The van der Waals surface area contributed by atoms with Crippen molar-refractivity contribution in [1.82, 2.24) is 14.3 Å². The van der Waals surface area contributed by atoms with E-state index in [9.17, 15) is 8.42 Å². The number of benzene rings is 1. The predicted octanol–water partition coefficient (Wildman–Crippen LogP) is 2.76. The highest BCUT2D eigenvalue weighted by Gasteiger charge is 2.27. The van der Waals surface area contributed by atoms with Crippen LogP contribution in [0.5, 0.6) is 5.75 Å². The highest BCUT2D eigenvalue weighted by molar-refractivity contribution is 7.89. The van der Waals surface area contributed by atoms with Gasteiger partial charge in [-0.2, -0.15) is 0 Å². The second kappa shape index (κ2) is 6.90. The molecule has 0 radical (unpaired) electrons. The summed E-state index contributed by atoms with van der Waals surface area (Å²) in [6.45, 7) is 3.87. The summed E-state index contributed by atoms with van der Waals surface area (Å²) in [6, 6.07) is 3.92. The highest BCUT2D eigenvalue weighted by Crippen LogP contribution is 2.28. The molecule has 126 valence electrons. The number of sulfonamides is 1. The van der Waals surface area contributed by atoms with Crippen molar-refractivity contribution < 1.29 is 13.2 Å². The lowest BCUT2D eigenvalue weighted by molar-refractivity contribution is 0.414. The molecule has 1 unspecified atom stereocenters. The van der Waals surface area contributed by atoms with Gasteiger partial charge in [-0.1, -0.05) is 25.4 Å². The molecule has 0 aliphatic rings. The van der Waals surface area contributed by atoms with Crippen molar-refractivity contribution in [1.29, 1.82) is 0 Å². The number of methoxy groups -OCH3 is 1. The number of hydrogen-bond donors (Lipinski definition) is 1. The second-order valence-electron chi connectivity index (χ2n) is 5.54. The van der Waals surface area contributed by atoms with Gasteiger partial charge in [-0.25, -0.2) is 18.1 Å². The van der Waals surface area contributed by atoms with Crippen molar-refractivity contribution in [3.63, 3.8) is 0 Å². The van der Waals surface area contributed by atoms with Gasteiger partial charge < -0.3 is 9.30 Å². The van der Waals surface area contributed by atoms with Crippen LogP contribution in [-0.2, 0) is 17.1 Å². The molecular weight excluding hydrogens is 338 g/mol. The summed E-state index contributed by atoms with van der Waals surface area (Å²) in [5.41, 5.74) is 0. The van der Waals surface area contributed by atoms with Crippen molar-refractivity contribution in [3.05, 3.63) is 41.4 Å². The van der Waals surface area contributed by atoms with Crippen LogP contribution >= 0.6 is 11.6 Å². The van der Waals surface area contributed by atoms with E-state index in [0.717, 1.165) is 0 Å². The minimum Gasteiger partial charge on any atom is -0.495 e. The fourth-order valence-electron chi connectivity index (χ4n) is 2.21. The third kappa shape index (κ3) is 3.85. The zero-order valence-electron chi connectivity index (χ0n) is 13.4. The number of ether oxygens (including phenoxy) is 1. The van der Waals surface area contributed by atoms with E-state index < -0.39 is 16.1 Å². The van der Waals surface area contributed by atoms with Crippen LogP contribution < -0.4 is 9.46 Å². The van der Waals surface area contributed by atoms with Gasteiger partial charge in [-0.05, 0) is 24.1 Å². The van der Waals surface area contributed by atoms with E-state index in [1.165, 1.54) is 25.3 Å². The standard InChI is InChI=1S/C15H20ClN3O3S/c1-10(2)14(15-17-7-8-19(15)3)18-23(20,21)11-5-6-13(22-4)12(16)9-11/h5-10,14,18H,1-4H3. The maximum Gasteiger partial charge on any atom is 0.241 e. The first-order valence-corrected chi connectivity index (χ1v) is 8.95. The Morgan fingerprint density at radius 2 is 2.04 bits per heavy atom. The van der Waals surface area contributed by atoms with Crippen molar-refractivity contribution in [2.75, 3.05) is 7.11 Å². The first kappa shape index (κ1) is 17.8. The minimum absolute atomic E-state index is 0.0274. The topological polar surface area (TPSA) is 73.2 Å². The van der Waals surface area contributed by atoms with Crippen LogP contribution in [0.15, 0.2) is 35.5 Å². The number of imidazole rings is 1. The maximum absolute atomic E-state index is 12.7. The molecule has 1 atom stereocenters. The second-order valence-corrected chi connectivity index (χ2v) is 7.66. The van der Waals surface area contributed by atoms with Gasteiger partial charge in [0.1, 0.15) is 11.6 Å². The van der Waals surface area contributed by atoms with Crippen LogP contribution in [0.25, 0.3) is 0 Å². The Morgan fingerprint density at radius 1 is 1.35 bits per heavy atom. The molecule has 8 heteroatoms. The number of rotatable bonds is 6. The Labute approximate surface area is 141 Å². The van der Waals surface area contributed by atoms with Gasteiger partial charge in [0.15, 0.2) is 0 Å². The Kier molecular flexibility index (Phi) is 5.33. The van der Waals surface area contributed by atoms with Crippen LogP contribution in [0, 0.1) is 5.92 Å². The minimum atomic E-state index is -3.74. The van der Waals surface area contributed by atoms with Gasteiger partial charge >= 0.3 is 0 Å². The number of hydrogen-bond acceptors (Lipinski definition) is 4. The molecule has 6 nitrogen and oxygen atoms in total. The van der Waals surface area contributed by atoms with E-state index in [2.05, 4.69) is 9.71 Å². The summed E-state index contributed by atoms with van der Waals surface area (Å²) in [4.78, 5) is 4.34. The van der Waals surface area contributed by atoms with Crippen LogP contribution in [0.2, 0.25) is 5.02 Å². The fraction of sp³-hybridized carbons (Fsp3) is 0.400. The number of aryl methyl sites for hydroxylation is 1. The lowest BCUT2D eigenvalue weighted by Crippen LogP contribution is -2.33. The number of nitrogens with one attached hydrogen (secondary N) is 1. The first-order valence-electron chi connectivity index (χ1n) is 7.09. The van der Waals surface area contributed by atoms with Gasteiger partial charge in [-0.3, -0.25) is 0 Å². The molecule has 0 saturated carbocycles. The third-order valence-corrected chi connectivity index (χ3v) is 5.25. The largest absolute Gasteiger partial charge is 0.495 e. The van der Waals surface area contributed by atoms with Crippen LogP contribution in [-0.4, -0.2) is 25.1 Å². The molecule has 0 fully saturated rings. The predicted molar refractivity (Wildman–Crippen MR) is 89.1 cm³/mol. The average molecular weight is 358 g/mol. The van der Waals surface area contributed by atoms with E-state index in [4.69, 9.17) is 16.3 Å². The molecule has 0 saturated heterocycles. The third-order valence-electron chi connectivity index (χ3n) is 3.52. The van der Waals surface area contributed by atoms with Gasteiger partial charge in [0.2, 0.25) is 10.0 Å². The zero-order valence-corrected chi connectivity index (χ0v) is 15.0. The zero-order chi connectivity index (χ0) is 17.2. The van der Waals surface area contributed by atoms with Gasteiger partial charge in [0, 0.05) is 19.4 Å². The molecule has 1 heterocycles. The van der Waals surface area contributed by atoms with Crippen LogP contribution in [0.1, 0.15) is 25.7 Å². The summed E-state index contributed by atoms with van der Waals surface area (Å²) < 4.78 is 34.9. The van der Waals surface area contributed by atoms with E-state index >= 15 is 0 Å². The molecule has 0 amide bonds. The molecule has 2 rings (SSSR count). The summed E-state index contributed by atoms with van der Waals surface area (Å²) in [7, 11) is -0.433. The molecule has 1 N–H and O–H groups in total. The molecule has 23 heavy (non-hydrogen) atoms. The molecule has 1 aromatic carbocycles. The molecule has 0 aliphatic heterocycles. The Morgan fingerprint density at radius 3 is 2.52 bits per heavy atom. The molecule has 0 spiro atoms. The van der Waals surface area contributed by atoms with E-state index in [-0.39, 0.29) is 15.8 Å². The molecule has 1 aromatic heterocycles. The average Bonchev–Trinajstić information content (AvgIpc) is 2.90. The van der Waals surface area contributed by atoms with Gasteiger partial charge in [0.05, 0.1) is 23.1 Å². The van der Waals surface area contributed by atoms with Gasteiger partial charge in [0.25, 0.3) is 0 Å². The lowest BCUT2D eigenvalue weighted by Gasteiger charge is -2.22. The van der Waals surface area contributed by atoms with E-state index in [1.807, 2.05) is 20.9 Å². The number of halogens is 1. The number of nitrogens with zero attached hydrogens (tertiary/aromatic N) is 2. The van der Waals surface area contributed by atoms with Crippen LogP contribution in [0.4, 0.5) is 0 Å². The quantitative estimate of drug-likeness (QED) is 0.862. The van der Waals surface area contributed by atoms with E-state index in [0.29, 0.717) is 11.6 Å². The van der Waals surface area contributed by atoms with Crippen molar-refractivity contribution in [2.24, 2.45) is 13.0 Å². The smallest absolute Gasteiger partial charge is 0.241 e. The summed E-state index contributed by atoms with van der Waals surface area (Å²) in [6.07, 6.45) is 3.42. The van der Waals surface area contributed by atoms with Crippen molar-refractivity contribution >= 4 is 21.6 Å². The molecule has 0 bridgehead atoms. The molecule has 2 aromatic rings. The number of aromatic nitrogens is 2. The van der Waals surface area contributed by atoms with Crippen molar-refractivity contribution in [2.45, 2.75) is 24.8 Å². The monoisotopic (exact) mass is 357 g/mol. The van der Waals surface area contributed by atoms with Crippen molar-refractivity contribution in [3.8, 4) is 5.75 Å². The Hall–Kier alpha value is -1.57. The molecular formula is C15H20ClN3O3S. The molecule has 0 aliphatic carbocycles. The normalized spacial score (nSPS) is 13.3. The van der Waals surface area contributed by atoms with E-state index in [1.54, 1.807) is 17.0 Å². The Bertz CT molecular complexity index is 787.